The summed E-state index contributed by atoms with van der Waals surface area (Å²) in [7, 11) is 0. The molecule has 124 valence electrons. The third-order valence-electron chi connectivity index (χ3n) is 5.39. The Hall–Kier alpha value is -1.35. The molecule has 0 bridgehead atoms. The van der Waals surface area contributed by atoms with Gasteiger partial charge in [0.05, 0.1) is 11.5 Å². The third-order valence-corrected chi connectivity index (χ3v) is 5.87. The molecule has 0 radical (unpaired) electrons. The zero-order valence-electron chi connectivity index (χ0n) is 13.3. The van der Waals surface area contributed by atoms with Crippen LogP contribution in [0, 0.1) is 0 Å². The molecular weight excluding hydrogens is 341 g/mol. The van der Waals surface area contributed by atoms with Crippen molar-refractivity contribution in [2.45, 2.75) is 36.6 Å². The van der Waals surface area contributed by atoms with E-state index in [-0.39, 0.29) is 11.5 Å². The fraction of sp³-hybridized carbons (Fsp3) is 0.350. The summed E-state index contributed by atoms with van der Waals surface area (Å²) < 4.78 is 0. The van der Waals surface area contributed by atoms with Crippen LogP contribution in [0.1, 0.15) is 36.3 Å². The summed E-state index contributed by atoms with van der Waals surface area (Å²) in [6.45, 7) is 0.827. The fourth-order valence-corrected chi connectivity index (χ4v) is 4.18. The van der Waals surface area contributed by atoms with E-state index in [1.807, 2.05) is 42.5 Å². The van der Waals surface area contributed by atoms with Gasteiger partial charge in [-0.1, -0.05) is 47.5 Å². The maximum absolute atomic E-state index is 13.1. The molecule has 24 heavy (non-hydrogen) atoms. The fourth-order valence-electron chi connectivity index (χ4n) is 3.85. The number of benzene rings is 2. The van der Waals surface area contributed by atoms with E-state index >= 15 is 0 Å². The molecule has 2 nitrogen and oxygen atoms in total. The van der Waals surface area contributed by atoms with Crippen LogP contribution in [0.25, 0.3) is 0 Å². The molecule has 2 atom stereocenters. The second kappa shape index (κ2) is 6.18. The van der Waals surface area contributed by atoms with E-state index in [1.165, 1.54) is 5.56 Å². The van der Waals surface area contributed by atoms with Crippen molar-refractivity contribution in [2.24, 2.45) is 0 Å². The van der Waals surface area contributed by atoms with Crippen molar-refractivity contribution in [2.75, 3.05) is 6.54 Å². The highest BCUT2D eigenvalue weighted by Crippen LogP contribution is 2.50. The SMILES string of the molecule is O=C(C1CC(c2cccc(Cl)c2)CN1)C1(c2ccc(Cl)cc2)CC1. The van der Waals surface area contributed by atoms with Gasteiger partial charge < -0.3 is 5.32 Å². The quantitative estimate of drug-likeness (QED) is 0.853. The lowest BCUT2D eigenvalue weighted by atomic mass is 9.85. The zero-order valence-corrected chi connectivity index (χ0v) is 14.8. The predicted octanol–water partition coefficient (Wildman–Crippen LogP) is 4.74. The molecule has 0 spiro atoms. The highest BCUT2D eigenvalue weighted by atomic mass is 35.5. The minimum atomic E-state index is -0.300. The van der Waals surface area contributed by atoms with Gasteiger partial charge in [0.15, 0.2) is 5.78 Å². The van der Waals surface area contributed by atoms with E-state index in [2.05, 4.69) is 11.4 Å². The van der Waals surface area contributed by atoms with Gasteiger partial charge in [-0.2, -0.15) is 0 Å². The van der Waals surface area contributed by atoms with E-state index in [4.69, 9.17) is 23.2 Å². The lowest BCUT2D eigenvalue weighted by molar-refractivity contribution is -0.123. The van der Waals surface area contributed by atoms with E-state index < -0.39 is 0 Å². The molecule has 2 fully saturated rings. The first-order chi connectivity index (χ1) is 11.6. The van der Waals surface area contributed by atoms with Crippen molar-refractivity contribution < 1.29 is 4.79 Å². The molecule has 2 aliphatic rings. The molecule has 1 saturated heterocycles. The van der Waals surface area contributed by atoms with E-state index in [1.54, 1.807) is 0 Å². The average Bonchev–Trinajstić information content (AvgIpc) is 3.24. The molecule has 0 aromatic heterocycles. The number of ketones is 1. The summed E-state index contributed by atoms with van der Waals surface area (Å²) in [5.41, 5.74) is 2.01. The number of carbonyl (C=O) groups excluding carboxylic acids is 1. The number of hydrogen-bond donors (Lipinski definition) is 1. The topological polar surface area (TPSA) is 29.1 Å². The standard InChI is InChI=1S/C20H19Cl2NO/c21-16-6-4-15(5-7-16)20(8-9-20)19(24)18-11-14(12-23-18)13-2-1-3-17(22)10-13/h1-7,10,14,18,23H,8-9,11-12H2. The van der Waals surface area contributed by atoms with Gasteiger partial charge in [-0.25, -0.2) is 0 Å². The van der Waals surface area contributed by atoms with Crippen LogP contribution < -0.4 is 5.32 Å². The van der Waals surface area contributed by atoms with Crippen LogP contribution in [0.4, 0.5) is 0 Å². The van der Waals surface area contributed by atoms with Gasteiger partial charge in [0.1, 0.15) is 0 Å². The van der Waals surface area contributed by atoms with Crippen molar-refractivity contribution in [1.29, 1.82) is 0 Å². The Bertz CT molecular complexity index is 767. The Morgan fingerprint density at radius 2 is 1.79 bits per heavy atom. The number of hydrogen-bond acceptors (Lipinski definition) is 2. The largest absolute Gasteiger partial charge is 0.307 e. The van der Waals surface area contributed by atoms with Gasteiger partial charge in [-0.3, -0.25) is 4.79 Å². The Morgan fingerprint density at radius 3 is 2.46 bits per heavy atom. The smallest absolute Gasteiger partial charge is 0.160 e. The molecule has 1 aliphatic heterocycles. The molecular formula is C20H19Cl2NO. The van der Waals surface area contributed by atoms with Crippen molar-refractivity contribution in [3.63, 3.8) is 0 Å². The maximum Gasteiger partial charge on any atom is 0.160 e. The maximum atomic E-state index is 13.1. The molecule has 4 heteroatoms. The first-order valence-corrected chi connectivity index (χ1v) is 9.13. The van der Waals surface area contributed by atoms with Crippen molar-refractivity contribution in [3.05, 3.63) is 69.7 Å². The first-order valence-electron chi connectivity index (χ1n) is 8.38. The number of rotatable bonds is 4. The van der Waals surface area contributed by atoms with Crippen molar-refractivity contribution in [3.8, 4) is 0 Å². The molecule has 1 N–H and O–H groups in total. The van der Waals surface area contributed by atoms with Crippen LogP contribution in [0.2, 0.25) is 10.0 Å². The van der Waals surface area contributed by atoms with Crippen LogP contribution in [0.3, 0.4) is 0 Å². The lowest BCUT2D eigenvalue weighted by Gasteiger charge is -2.19. The Kier molecular flexibility index (Phi) is 4.16. The highest BCUT2D eigenvalue weighted by molar-refractivity contribution is 6.30. The Labute approximate surface area is 152 Å². The molecule has 2 aromatic rings. The molecule has 4 rings (SSSR count). The minimum absolute atomic E-state index is 0.0767. The second-order valence-corrected chi connectivity index (χ2v) is 7.77. The average molecular weight is 360 g/mol. The normalized spacial score (nSPS) is 24.8. The monoisotopic (exact) mass is 359 g/mol. The van der Waals surface area contributed by atoms with Crippen molar-refractivity contribution >= 4 is 29.0 Å². The number of Topliss-reactive ketones (excluding diaryl/α,β-unsaturated/α-hetero) is 1. The Balaban J connectivity index is 1.51. The second-order valence-electron chi connectivity index (χ2n) is 6.90. The van der Waals surface area contributed by atoms with Crippen LogP contribution in [-0.2, 0) is 10.2 Å². The summed E-state index contributed by atoms with van der Waals surface area (Å²) in [6, 6.07) is 15.6. The van der Waals surface area contributed by atoms with Gasteiger partial charge in [0, 0.05) is 16.6 Å². The molecule has 1 saturated carbocycles. The summed E-state index contributed by atoms with van der Waals surface area (Å²) in [5.74, 6) is 0.674. The lowest BCUT2D eigenvalue weighted by Crippen LogP contribution is -2.38. The molecule has 2 aromatic carbocycles. The summed E-state index contributed by atoms with van der Waals surface area (Å²) >= 11 is 12.1. The van der Waals surface area contributed by atoms with Gasteiger partial charge >= 0.3 is 0 Å². The minimum Gasteiger partial charge on any atom is -0.307 e. The third kappa shape index (κ3) is 2.88. The van der Waals surface area contributed by atoms with E-state index in [0.29, 0.717) is 16.7 Å². The van der Waals surface area contributed by atoms with Crippen LogP contribution >= 0.6 is 23.2 Å². The molecule has 1 aliphatic carbocycles. The van der Waals surface area contributed by atoms with Gasteiger partial charge in [-0.15, -0.1) is 0 Å². The van der Waals surface area contributed by atoms with Crippen molar-refractivity contribution in [1.82, 2.24) is 5.32 Å². The van der Waals surface area contributed by atoms with Crippen LogP contribution in [0.5, 0.6) is 0 Å². The predicted molar refractivity (Wildman–Crippen MR) is 98.0 cm³/mol. The van der Waals surface area contributed by atoms with E-state index in [0.717, 1.165) is 36.4 Å². The van der Waals surface area contributed by atoms with Crippen LogP contribution in [-0.4, -0.2) is 18.4 Å². The number of carbonyl (C=O) groups is 1. The summed E-state index contributed by atoms with van der Waals surface area (Å²) in [4.78, 5) is 13.1. The van der Waals surface area contributed by atoms with Crippen LogP contribution in [0.15, 0.2) is 48.5 Å². The zero-order chi connectivity index (χ0) is 16.7. The number of nitrogens with one attached hydrogen (secondary N) is 1. The van der Waals surface area contributed by atoms with Gasteiger partial charge in [0.25, 0.3) is 0 Å². The Morgan fingerprint density at radius 1 is 1.04 bits per heavy atom. The molecule has 0 amide bonds. The molecule has 1 heterocycles. The summed E-state index contributed by atoms with van der Waals surface area (Å²) in [5, 5.41) is 4.90. The highest BCUT2D eigenvalue weighted by Gasteiger charge is 2.53. The van der Waals surface area contributed by atoms with Gasteiger partial charge in [0.2, 0.25) is 0 Å². The summed E-state index contributed by atoms with van der Waals surface area (Å²) in [6.07, 6.45) is 2.72. The first kappa shape index (κ1) is 16.1. The number of halogens is 2. The van der Waals surface area contributed by atoms with Gasteiger partial charge in [-0.05, 0) is 60.6 Å². The van der Waals surface area contributed by atoms with E-state index in [9.17, 15) is 4.79 Å². The molecule has 2 unspecified atom stereocenters.